The molecule has 1 aliphatic heterocycles. The van der Waals surface area contributed by atoms with E-state index in [0.717, 1.165) is 45.3 Å². The number of nitrogens with zero attached hydrogens (tertiary/aromatic N) is 1. The second kappa shape index (κ2) is 8.98. The average Bonchev–Trinajstić information content (AvgIpc) is 2.48. The number of aryl methyl sites for hydroxylation is 1. The monoisotopic (exact) mass is 296 g/mol. The van der Waals surface area contributed by atoms with Crippen LogP contribution in [0.15, 0.2) is 30.3 Å². The van der Waals surface area contributed by atoms with Crippen molar-refractivity contribution in [2.75, 3.05) is 26.7 Å². The van der Waals surface area contributed by atoms with Gasteiger partial charge in [0.1, 0.15) is 0 Å². The molecular weight excluding hydrogens is 272 g/mol. The van der Waals surface area contributed by atoms with Gasteiger partial charge in [-0.05, 0) is 44.3 Å². The van der Waals surface area contributed by atoms with Crippen molar-refractivity contribution < 1.29 is 4.79 Å². The number of amides is 1. The lowest BCUT2D eigenvalue weighted by atomic mass is 9.96. The summed E-state index contributed by atoms with van der Waals surface area (Å²) in [4.78, 5) is 14.2. The number of benzene rings is 1. The maximum Gasteiger partial charge on any atom is 0.225 e. The quantitative estimate of drug-likeness (QED) is 0.905. The molecule has 1 aromatic carbocycles. The van der Waals surface area contributed by atoms with Crippen LogP contribution in [0.5, 0.6) is 0 Å². The van der Waals surface area contributed by atoms with Gasteiger partial charge in [-0.2, -0.15) is 0 Å². The van der Waals surface area contributed by atoms with E-state index >= 15 is 0 Å². The Labute approximate surface area is 128 Å². The molecule has 1 saturated heterocycles. The molecule has 1 aromatic rings. The number of carbonyl (C=O) groups is 1. The molecular formula is C16H25ClN2O. The lowest BCUT2D eigenvalue weighted by molar-refractivity contribution is -0.135. The predicted molar refractivity (Wildman–Crippen MR) is 85.2 cm³/mol. The SMILES string of the molecule is CN(CCCc1ccccc1)C(=O)C1CCNCC1.Cl. The van der Waals surface area contributed by atoms with E-state index in [1.54, 1.807) is 0 Å². The summed E-state index contributed by atoms with van der Waals surface area (Å²) in [5.74, 6) is 0.567. The molecule has 0 spiro atoms. The minimum Gasteiger partial charge on any atom is -0.346 e. The molecule has 0 bridgehead atoms. The summed E-state index contributed by atoms with van der Waals surface area (Å²) in [7, 11) is 1.94. The highest BCUT2D eigenvalue weighted by molar-refractivity contribution is 5.85. The third kappa shape index (κ3) is 5.14. The summed E-state index contributed by atoms with van der Waals surface area (Å²) in [6.07, 6.45) is 4.06. The second-order valence-corrected chi connectivity index (χ2v) is 5.37. The summed E-state index contributed by atoms with van der Waals surface area (Å²) < 4.78 is 0. The van der Waals surface area contributed by atoms with Crippen molar-refractivity contribution >= 4 is 18.3 Å². The highest BCUT2D eigenvalue weighted by atomic mass is 35.5. The van der Waals surface area contributed by atoms with Crippen LogP contribution in [0.3, 0.4) is 0 Å². The minimum atomic E-state index is 0. The van der Waals surface area contributed by atoms with Crippen molar-refractivity contribution in [2.24, 2.45) is 5.92 Å². The lowest BCUT2D eigenvalue weighted by Crippen LogP contribution is -2.39. The summed E-state index contributed by atoms with van der Waals surface area (Å²) >= 11 is 0. The van der Waals surface area contributed by atoms with Gasteiger partial charge >= 0.3 is 0 Å². The number of hydrogen-bond donors (Lipinski definition) is 1. The first kappa shape index (κ1) is 17.0. The minimum absolute atomic E-state index is 0. The molecule has 0 radical (unpaired) electrons. The Bertz CT molecular complexity index is 391. The van der Waals surface area contributed by atoms with E-state index in [0.29, 0.717) is 5.91 Å². The van der Waals surface area contributed by atoms with Gasteiger partial charge in [-0.25, -0.2) is 0 Å². The topological polar surface area (TPSA) is 32.3 Å². The molecule has 1 aliphatic rings. The fourth-order valence-corrected chi connectivity index (χ4v) is 2.66. The zero-order valence-corrected chi connectivity index (χ0v) is 13.0. The maximum absolute atomic E-state index is 12.2. The molecule has 20 heavy (non-hydrogen) atoms. The summed E-state index contributed by atoms with van der Waals surface area (Å²) in [6.45, 7) is 2.82. The largest absolute Gasteiger partial charge is 0.346 e. The van der Waals surface area contributed by atoms with Gasteiger partial charge in [0.15, 0.2) is 0 Å². The molecule has 0 saturated carbocycles. The number of hydrogen-bond acceptors (Lipinski definition) is 2. The zero-order valence-electron chi connectivity index (χ0n) is 12.2. The molecule has 1 N–H and O–H groups in total. The molecule has 0 atom stereocenters. The van der Waals surface area contributed by atoms with Crippen LogP contribution in [0.2, 0.25) is 0 Å². The third-order valence-corrected chi connectivity index (χ3v) is 3.87. The highest BCUT2D eigenvalue weighted by Gasteiger charge is 2.23. The van der Waals surface area contributed by atoms with Gasteiger partial charge < -0.3 is 10.2 Å². The molecule has 112 valence electrons. The molecule has 3 nitrogen and oxygen atoms in total. The third-order valence-electron chi connectivity index (χ3n) is 3.87. The van der Waals surface area contributed by atoms with Crippen LogP contribution in [0, 0.1) is 5.92 Å². The number of carbonyl (C=O) groups excluding carboxylic acids is 1. The van der Waals surface area contributed by atoms with E-state index in [4.69, 9.17) is 0 Å². The Kier molecular flexibility index (Phi) is 7.63. The van der Waals surface area contributed by atoms with Gasteiger partial charge in [-0.1, -0.05) is 30.3 Å². The van der Waals surface area contributed by atoms with Gasteiger partial charge in [0.2, 0.25) is 5.91 Å². The standard InChI is InChI=1S/C16H24N2O.ClH/c1-18(16(19)15-9-11-17-12-10-15)13-5-8-14-6-3-2-4-7-14;/h2-4,6-7,15,17H,5,8-13H2,1H3;1H. The fourth-order valence-electron chi connectivity index (χ4n) is 2.66. The molecule has 2 rings (SSSR count). The first-order valence-electron chi connectivity index (χ1n) is 7.27. The Morgan fingerprint density at radius 1 is 1.25 bits per heavy atom. The van der Waals surface area contributed by atoms with Crippen molar-refractivity contribution in [1.29, 1.82) is 0 Å². The molecule has 0 aromatic heterocycles. The molecule has 4 heteroatoms. The van der Waals surface area contributed by atoms with Crippen LogP contribution in [0.1, 0.15) is 24.8 Å². The van der Waals surface area contributed by atoms with E-state index in [2.05, 4.69) is 29.6 Å². The van der Waals surface area contributed by atoms with Crippen LogP contribution >= 0.6 is 12.4 Å². The number of piperidine rings is 1. The Hall–Kier alpha value is -1.06. The molecule has 1 amide bonds. The van der Waals surface area contributed by atoms with Gasteiger partial charge in [-0.3, -0.25) is 4.79 Å². The van der Waals surface area contributed by atoms with Crippen molar-refractivity contribution in [3.63, 3.8) is 0 Å². The lowest BCUT2D eigenvalue weighted by Gasteiger charge is -2.27. The van der Waals surface area contributed by atoms with Crippen molar-refractivity contribution in [2.45, 2.75) is 25.7 Å². The van der Waals surface area contributed by atoms with Crippen LogP contribution in [0.4, 0.5) is 0 Å². The molecule has 0 unspecified atom stereocenters. The van der Waals surface area contributed by atoms with Gasteiger partial charge in [0.25, 0.3) is 0 Å². The summed E-state index contributed by atoms with van der Waals surface area (Å²) in [6, 6.07) is 10.5. The van der Waals surface area contributed by atoms with Gasteiger partial charge in [0.05, 0.1) is 0 Å². The zero-order chi connectivity index (χ0) is 13.5. The first-order chi connectivity index (χ1) is 9.27. The Morgan fingerprint density at radius 2 is 1.90 bits per heavy atom. The van der Waals surface area contributed by atoms with Gasteiger partial charge in [-0.15, -0.1) is 12.4 Å². The molecule has 0 aliphatic carbocycles. The van der Waals surface area contributed by atoms with Crippen LogP contribution < -0.4 is 5.32 Å². The average molecular weight is 297 g/mol. The van der Waals surface area contributed by atoms with Gasteiger partial charge in [0, 0.05) is 19.5 Å². The van der Waals surface area contributed by atoms with Crippen LogP contribution in [-0.2, 0) is 11.2 Å². The van der Waals surface area contributed by atoms with E-state index < -0.39 is 0 Å². The Balaban J connectivity index is 0.00000200. The van der Waals surface area contributed by atoms with E-state index in [1.165, 1.54) is 5.56 Å². The van der Waals surface area contributed by atoms with E-state index in [-0.39, 0.29) is 18.3 Å². The first-order valence-corrected chi connectivity index (χ1v) is 7.27. The normalized spacial score (nSPS) is 15.4. The fraction of sp³-hybridized carbons (Fsp3) is 0.562. The molecule has 1 fully saturated rings. The van der Waals surface area contributed by atoms with Crippen LogP contribution in [-0.4, -0.2) is 37.5 Å². The number of halogens is 1. The summed E-state index contributed by atoms with van der Waals surface area (Å²) in [5, 5.41) is 3.30. The summed E-state index contributed by atoms with van der Waals surface area (Å²) in [5.41, 5.74) is 1.35. The van der Waals surface area contributed by atoms with E-state index in [9.17, 15) is 4.79 Å². The van der Waals surface area contributed by atoms with Crippen molar-refractivity contribution in [1.82, 2.24) is 10.2 Å². The number of nitrogens with one attached hydrogen (secondary N) is 1. The Morgan fingerprint density at radius 3 is 2.55 bits per heavy atom. The highest BCUT2D eigenvalue weighted by Crippen LogP contribution is 2.14. The number of rotatable bonds is 5. The smallest absolute Gasteiger partial charge is 0.225 e. The maximum atomic E-state index is 12.2. The van der Waals surface area contributed by atoms with Crippen LogP contribution in [0.25, 0.3) is 0 Å². The van der Waals surface area contributed by atoms with Crippen molar-refractivity contribution in [3.8, 4) is 0 Å². The van der Waals surface area contributed by atoms with E-state index in [1.807, 2.05) is 18.0 Å². The predicted octanol–water partition coefficient (Wildman–Crippen LogP) is 2.50. The second-order valence-electron chi connectivity index (χ2n) is 5.37. The van der Waals surface area contributed by atoms with Crippen molar-refractivity contribution in [3.05, 3.63) is 35.9 Å². The molecule has 1 heterocycles.